The van der Waals surface area contributed by atoms with E-state index in [4.69, 9.17) is 14.2 Å². The van der Waals surface area contributed by atoms with Gasteiger partial charge in [-0.15, -0.1) is 0 Å². The van der Waals surface area contributed by atoms with Gasteiger partial charge in [-0.2, -0.15) is 0 Å². The van der Waals surface area contributed by atoms with Crippen molar-refractivity contribution in [1.82, 2.24) is 15.1 Å². The van der Waals surface area contributed by atoms with Crippen LogP contribution in [-0.4, -0.2) is 104 Å². The molecule has 1 aliphatic heterocycles. The van der Waals surface area contributed by atoms with E-state index in [9.17, 15) is 14.4 Å². The zero-order chi connectivity index (χ0) is 28.2. The number of ether oxygens (including phenoxy) is 3. The van der Waals surface area contributed by atoms with Gasteiger partial charge in [-0.1, -0.05) is 30.3 Å². The van der Waals surface area contributed by atoms with E-state index in [2.05, 4.69) is 10.3 Å². The van der Waals surface area contributed by atoms with Crippen LogP contribution in [0.4, 0.5) is 0 Å². The SMILES string of the molecule is CC(C)(C)OC(=O)CN1CCNC/C(C(=O)OC(C)(C)C)=N/CCN(CC(=O)OCc2ccccc2)CC1. The van der Waals surface area contributed by atoms with Gasteiger partial charge in [0.15, 0.2) is 0 Å². The predicted octanol–water partition coefficient (Wildman–Crippen LogP) is 2.06. The molecular formula is C28H44N4O6. The van der Waals surface area contributed by atoms with Crippen molar-refractivity contribution in [3.8, 4) is 0 Å². The van der Waals surface area contributed by atoms with Gasteiger partial charge in [0, 0.05) is 39.3 Å². The first-order valence-electron chi connectivity index (χ1n) is 13.1. The molecule has 1 aromatic carbocycles. The van der Waals surface area contributed by atoms with Crippen LogP contribution < -0.4 is 5.32 Å². The molecule has 0 fully saturated rings. The fourth-order valence-electron chi connectivity index (χ4n) is 3.65. The first-order valence-corrected chi connectivity index (χ1v) is 13.1. The van der Waals surface area contributed by atoms with Gasteiger partial charge in [-0.25, -0.2) is 4.79 Å². The molecule has 1 heterocycles. The zero-order valence-corrected chi connectivity index (χ0v) is 23.7. The Labute approximate surface area is 226 Å². The molecular weight excluding hydrogens is 488 g/mol. The van der Waals surface area contributed by atoms with Gasteiger partial charge in [-0.3, -0.25) is 24.4 Å². The van der Waals surface area contributed by atoms with Crippen LogP contribution in [0.2, 0.25) is 0 Å². The van der Waals surface area contributed by atoms with Crippen molar-refractivity contribution in [3.63, 3.8) is 0 Å². The summed E-state index contributed by atoms with van der Waals surface area (Å²) in [5.74, 6) is -1.13. The molecule has 1 aliphatic rings. The molecule has 0 aliphatic carbocycles. The van der Waals surface area contributed by atoms with Crippen LogP contribution in [0.3, 0.4) is 0 Å². The summed E-state index contributed by atoms with van der Waals surface area (Å²) in [5.41, 5.74) is -0.00000509. The Hall–Kier alpha value is -2.82. The molecule has 1 aromatic rings. The Kier molecular flexibility index (Phi) is 12.3. The number of nitrogens with zero attached hydrogens (tertiary/aromatic N) is 3. The third-order valence-corrected chi connectivity index (χ3v) is 5.35. The minimum absolute atomic E-state index is 0.0721. The second-order valence-corrected chi connectivity index (χ2v) is 11.3. The van der Waals surface area contributed by atoms with Crippen LogP contribution in [0.15, 0.2) is 35.3 Å². The quantitative estimate of drug-likeness (QED) is 0.417. The standard InChI is InChI=1S/C28H44N4O6/c1-27(2,3)37-25(34)20-31-14-12-29-18-23(26(35)38-28(4,5)6)30-13-15-32(17-16-31)19-24(33)36-21-22-10-8-7-9-11-22/h7-11,29H,12-21H2,1-6H3/b30-23-. The lowest BCUT2D eigenvalue weighted by Crippen LogP contribution is -2.45. The molecule has 212 valence electrons. The van der Waals surface area contributed by atoms with Crippen molar-refractivity contribution in [3.05, 3.63) is 35.9 Å². The molecule has 0 bridgehead atoms. The maximum Gasteiger partial charge on any atom is 0.354 e. The number of aliphatic imine (C=N–C) groups is 1. The second-order valence-electron chi connectivity index (χ2n) is 11.3. The molecule has 2 rings (SSSR count). The summed E-state index contributed by atoms with van der Waals surface area (Å²) in [6.45, 7) is 14.5. The van der Waals surface area contributed by atoms with Crippen LogP contribution in [0.25, 0.3) is 0 Å². The summed E-state index contributed by atoms with van der Waals surface area (Å²) in [6.07, 6.45) is 0. The molecule has 0 amide bonds. The zero-order valence-electron chi connectivity index (χ0n) is 23.7. The van der Waals surface area contributed by atoms with Crippen molar-refractivity contribution >= 4 is 23.6 Å². The lowest BCUT2D eigenvalue weighted by Gasteiger charge is -2.28. The Bertz CT molecular complexity index is 937. The third kappa shape index (κ3) is 13.6. The summed E-state index contributed by atoms with van der Waals surface area (Å²) < 4.78 is 16.5. The van der Waals surface area contributed by atoms with Crippen molar-refractivity contribution in [2.45, 2.75) is 59.4 Å². The van der Waals surface area contributed by atoms with E-state index in [1.165, 1.54) is 0 Å². The van der Waals surface area contributed by atoms with E-state index >= 15 is 0 Å². The van der Waals surface area contributed by atoms with Crippen LogP contribution in [0.5, 0.6) is 0 Å². The Balaban J connectivity index is 2.09. The topological polar surface area (TPSA) is 110 Å². The summed E-state index contributed by atoms with van der Waals surface area (Å²) in [5, 5.41) is 3.23. The lowest BCUT2D eigenvalue weighted by molar-refractivity contribution is -0.156. The van der Waals surface area contributed by atoms with Crippen molar-refractivity contribution < 1.29 is 28.6 Å². The molecule has 0 saturated carbocycles. The molecule has 0 radical (unpaired) electrons. The predicted molar refractivity (Wildman–Crippen MR) is 146 cm³/mol. The highest BCUT2D eigenvalue weighted by Gasteiger charge is 2.23. The van der Waals surface area contributed by atoms with Crippen molar-refractivity contribution in [2.75, 3.05) is 58.9 Å². The number of hydrogen-bond donors (Lipinski definition) is 1. The third-order valence-electron chi connectivity index (χ3n) is 5.35. The van der Waals surface area contributed by atoms with Crippen LogP contribution in [-0.2, 0) is 35.2 Å². The van der Waals surface area contributed by atoms with Gasteiger partial charge >= 0.3 is 17.9 Å². The summed E-state index contributed by atoms with van der Waals surface area (Å²) >= 11 is 0. The van der Waals surface area contributed by atoms with Gasteiger partial charge in [0.05, 0.1) is 19.6 Å². The highest BCUT2D eigenvalue weighted by molar-refractivity contribution is 6.37. The molecule has 38 heavy (non-hydrogen) atoms. The first-order chi connectivity index (χ1) is 17.8. The monoisotopic (exact) mass is 532 g/mol. The minimum Gasteiger partial charge on any atom is -0.460 e. The average Bonchev–Trinajstić information content (AvgIpc) is 2.79. The second kappa shape index (κ2) is 14.9. The van der Waals surface area contributed by atoms with E-state index in [-0.39, 0.29) is 38.2 Å². The van der Waals surface area contributed by atoms with Crippen LogP contribution in [0, 0.1) is 0 Å². The molecule has 10 heteroatoms. The molecule has 0 aromatic heterocycles. The van der Waals surface area contributed by atoms with Crippen molar-refractivity contribution in [1.29, 1.82) is 0 Å². The van der Waals surface area contributed by atoms with Gasteiger partial charge in [-0.05, 0) is 47.1 Å². The van der Waals surface area contributed by atoms with E-state index in [0.29, 0.717) is 45.0 Å². The highest BCUT2D eigenvalue weighted by atomic mass is 16.6. The molecule has 0 saturated heterocycles. The number of benzene rings is 1. The van der Waals surface area contributed by atoms with E-state index in [0.717, 1.165) is 5.56 Å². The minimum atomic E-state index is -0.637. The van der Waals surface area contributed by atoms with Gasteiger partial charge in [0.25, 0.3) is 0 Å². The number of rotatable bonds is 7. The first kappa shape index (κ1) is 31.4. The normalized spacial score (nSPS) is 18.3. The van der Waals surface area contributed by atoms with E-state index in [1.54, 1.807) is 0 Å². The van der Waals surface area contributed by atoms with Gasteiger partial charge < -0.3 is 19.5 Å². The summed E-state index contributed by atoms with van der Waals surface area (Å²) in [7, 11) is 0. The maximum atomic E-state index is 12.7. The smallest absolute Gasteiger partial charge is 0.354 e. The van der Waals surface area contributed by atoms with Crippen LogP contribution >= 0.6 is 0 Å². The Morgan fingerprint density at radius 3 is 2.08 bits per heavy atom. The highest BCUT2D eigenvalue weighted by Crippen LogP contribution is 2.09. The Morgan fingerprint density at radius 2 is 1.45 bits per heavy atom. The number of carbonyl (C=O) groups excluding carboxylic acids is 3. The fourth-order valence-corrected chi connectivity index (χ4v) is 3.65. The van der Waals surface area contributed by atoms with E-state index < -0.39 is 17.2 Å². The van der Waals surface area contributed by atoms with Crippen molar-refractivity contribution in [2.24, 2.45) is 4.99 Å². The number of carbonyl (C=O) groups is 3. The summed E-state index contributed by atoms with van der Waals surface area (Å²) in [4.78, 5) is 46.2. The molecule has 0 spiro atoms. The molecule has 1 N–H and O–H groups in total. The molecule has 0 atom stereocenters. The lowest BCUT2D eigenvalue weighted by atomic mass is 10.2. The number of hydrogen-bond acceptors (Lipinski definition) is 10. The maximum absolute atomic E-state index is 12.7. The van der Waals surface area contributed by atoms with Gasteiger partial charge in [0.1, 0.15) is 23.5 Å². The van der Waals surface area contributed by atoms with Gasteiger partial charge in [0.2, 0.25) is 0 Å². The fraction of sp³-hybridized carbons (Fsp3) is 0.643. The summed E-state index contributed by atoms with van der Waals surface area (Å²) in [6, 6.07) is 9.51. The van der Waals surface area contributed by atoms with E-state index in [1.807, 2.05) is 81.7 Å². The number of nitrogens with one attached hydrogen (secondary N) is 1. The number of esters is 3. The molecule has 0 unspecified atom stereocenters. The van der Waals surface area contributed by atoms with Crippen LogP contribution in [0.1, 0.15) is 47.1 Å². The largest absolute Gasteiger partial charge is 0.460 e. The molecule has 10 nitrogen and oxygen atoms in total. The Morgan fingerprint density at radius 1 is 0.842 bits per heavy atom. The average molecular weight is 533 g/mol.